The van der Waals surface area contributed by atoms with Crippen LogP contribution >= 0.6 is 0 Å². The standard InChI is InChI=1S/C17H17F2N3O2/c18-17(19)8-15(17)22-12(4-6-20-22)10-21-7-5-13-11(9-21)2-1-3-14(13)16(23)24/h1-4,6,15H,5,7-10H2,(H,23,24). The third-order valence-electron chi connectivity index (χ3n) is 4.80. The van der Waals surface area contributed by atoms with Crippen LogP contribution in [0.3, 0.4) is 0 Å². The van der Waals surface area contributed by atoms with Gasteiger partial charge in [0.1, 0.15) is 6.04 Å². The third-order valence-corrected chi connectivity index (χ3v) is 4.80. The molecule has 2 heterocycles. The number of nitrogens with zero attached hydrogens (tertiary/aromatic N) is 3. The van der Waals surface area contributed by atoms with Crippen LogP contribution in [0.25, 0.3) is 0 Å². The fourth-order valence-electron chi connectivity index (χ4n) is 3.44. The van der Waals surface area contributed by atoms with Gasteiger partial charge in [0.05, 0.1) is 11.3 Å². The van der Waals surface area contributed by atoms with Crippen molar-refractivity contribution in [1.29, 1.82) is 0 Å². The molecule has 1 saturated carbocycles. The number of hydrogen-bond donors (Lipinski definition) is 1. The highest BCUT2D eigenvalue weighted by Gasteiger charge is 2.59. The molecule has 1 aliphatic carbocycles. The van der Waals surface area contributed by atoms with Crippen LogP contribution in [0.2, 0.25) is 0 Å². The van der Waals surface area contributed by atoms with Crippen molar-refractivity contribution >= 4 is 5.97 Å². The summed E-state index contributed by atoms with van der Waals surface area (Å²) in [7, 11) is 0. The van der Waals surface area contributed by atoms with E-state index in [1.165, 1.54) is 4.68 Å². The highest BCUT2D eigenvalue weighted by Crippen LogP contribution is 2.52. The van der Waals surface area contributed by atoms with Gasteiger partial charge < -0.3 is 5.11 Å². The Bertz CT molecular complexity index is 803. The van der Waals surface area contributed by atoms with Gasteiger partial charge >= 0.3 is 5.97 Å². The molecule has 2 aliphatic rings. The van der Waals surface area contributed by atoms with Gasteiger partial charge in [0.25, 0.3) is 5.92 Å². The maximum Gasteiger partial charge on any atom is 0.335 e. The first-order valence-electron chi connectivity index (χ1n) is 7.92. The first-order chi connectivity index (χ1) is 11.5. The Morgan fingerprint density at radius 1 is 1.38 bits per heavy atom. The van der Waals surface area contributed by atoms with Gasteiger partial charge in [-0.15, -0.1) is 0 Å². The lowest BCUT2D eigenvalue weighted by Crippen LogP contribution is -2.32. The number of fused-ring (bicyclic) bond motifs is 1. The molecule has 1 aromatic heterocycles. The third kappa shape index (κ3) is 2.58. The Labute approximate surface area is 137 Å². The number of aromatic nitrogens is 2. The molecule has 4 rings (SSSR count). The average Bonchev–Trinajstić information content (AvgIpc) is 2.95. The lowest BCUT2D eigenvalue weighted by molar-refractivity contribution is 0.0694. The summed E-state index contributed by atoms with van der Waals surface area (Å²) in [6, 6.07) is 6.26. The smallest absolute Gasteiger partial charge is 0.335 e. The van der Waals surface area contributed by atoms with E-state index in [0.717, 1.165) is 16.8 Å². The van der Waals surface area contributed by atoms with Gasteiger partial charge in [-0.2, -0.15) is 5.10 Å². The summed E-state index contributed by atoms with van der Waals surface area (Å²) in [6.07, 6.45) is 2.06. The molecule has 2 aromatic rings. The van der Waals surface area contributed by atoms with Crippen molar-refractivity contribution in [2.24, 2.45) is 0 Å². The predicted octanol–water partition coefficient (Wildman–Crippen LogP) is 2.72. The Morgan fingerprint density at radius 3 is 2.88 bits per heavy atom. The van der Waals surface area contributed by atoms with E-state index in [-0.39, 0.29) is 6.42 Å². The van der Waals surface area contributed by atoms with Crippen LogP contribution in [0.5, 0.6) is 0 Å². The molecule has 5 nitrogen and oxygen atoms in total. The second-order valence-corrected chi connectivity index (χ2v) is 6.46. The minimum Gasteiger partial charge on any atom is -0.478 e. The normalized spacial score (nSPS) is 22.2. The summed E-state index contributed by atoms with van der Waals surface area (Å²) < 4.78 is 28.0. The minimum atomic E-state index is -2.65. The second-order valence-electron chi connectivity index (χ2n) is 6.46. The van der Waals surface area contributed by atoms with Crippen molar-refractivity contribution in [2.45, 2.75) is 37.9 Å². The molecular weight excluding hydrogens is 316 g/mol. The van der Waals surface area contributed by atoms with Crippen LogP contribution in [0.1, 0.15) is 39.6 Å². The number of carbonyl (C=O) groups is 1. The zero-order valence-electron chi connectivity index (χ0n) is 13.0. The minimum absolute atomic E-state index is 0.146. The molecule has 0 bridgehead atoms. The van der Waals surface area contributed by atoms with Crippen LogP contribution in [0, 0.1) is 0 Å². The van der Waals surface area contributed by atoms with E-state index in [1.54, 1.807) is 24.4 Å². The lowest BCUT2D eigenvalue weighted by Gasteiger charge is -2.29. The topological polar surface area (TPSA) is 58.4 Å². The fourth-order valence-corrected chi connectivity index (χ4v) is 3.44. The quantitative estimate of drug-likeness (QED) is 0.935. The van der Waals surface area contributed by atoms with Crippen LogP contribution < -0.4 is 0 Å². The summed E-state index contributed by atoms with van der Waals surface area (Å²) in [5, 5.41) is 13.3. The lowest BCUT2D eigenvalue weighted by atomic mass is 9.94. The van der Waals surface area contributed by atoms with Gasteiger partial charge in [-0.25, -0.2) is 13.6 Å². The number of benzene rings is 1. The molecule has 1 N–H and O–H groups in total. The Hall–Kier alpha value is -2.28. The molecule has 1 unspecified atom stereocenters. The molecule has 7 heteroatoms. The summed E-state index contributed by atoms with van der Waals surface area (Å²) in [5.74, 6) is -3.56. The van der Waals surface area contributed by atoms with Gasteiger partial charge in [-0.3, -0.25) is 9.58 Å². The van der Waals surface area contributed by atoms with Gasteiger partial charge in [-0.1, -0.05) is 12.1 Å². The van der Waals surface area contributed by atoms with Crippen molar-refractivity contribution in [3.05, 3.63) is 52.8 Å². The molecule has 0 saturated heterocycles. The van der Waals surface area contributed by atoms with Crippen molar-refractivity contribution < 1.29 is 18.7 Å². The predicted molar refractivity (Wildman–Crippen MR) is 82.0 cm³/mol. The number of hydrogen-bond acceptors (Lipinski definition) is 3. The van der Waals surface area contributed by atoms with E-state index < -0.39 is 17.9 Å². The maximum atomic E-state index is 13.3. The van der Waals surface area contributed by atoms with Crippen molar-refractivity contribution in [3.8, 4) is 0 Å². The summed E-state index contributed by atoms with van der Waals surface area (Å²) in [6.45, 7) is 1.84. The molecule has 1 aromatic carbocycles. The molecule has 0 spiro atoms. The molecule has 0 amide bonds. The SMILES string of the molecule is O=C(O)c1cccc2c1CCN(Cc1ccnn1C1CC1(F)F)C2. The van der Waals surface area contributed by atoms with Crippen LogP contribution in [-0.2, 0) is 19.5 Å². The highest BCUT2D eigenvalue weighted by atomic mass is 19.3. The van der Waals surface area contributed by atoms with Crippen molar-refractivity contribution in [3.63, 3.8) is 0 Å². The second kappa shape index (κ2) is 5.37. The zero-order chi connectivity index (χ0) is 16.9. The van der Waals surface area contributed by atoms with E-state index >= 15 is 0 Å². The molecule has 0 radical (unpaired) electrons. The van der Waals surface area contributed by atoms with E-state index in [1.807, 2.05) is 6.07 Å². The van der Waals surface area contributed by atoms with Crippen LogP contribution in [-0.4, -0.2) is 38.2 Å². The first-order valence-corrected chi connectivity index (χ1v) is 7.92. The van der Waals surface area contributed by atoms with E-state index in [2.05, 4.69) is 10.00 Å². The van der Waals surface area contributed by atoms with E-state index in [4.69, 9.17) is 0 Å². The van der Waals surface area contributed by atoms with Crippen LogP contribution in [0.4, 0.5) is 8.78 Å². The fraction of sp³-hybridized carbons (Fsp3) is 0.412. The average molecular weight is 333 g/mol. The summed E-state index contributed by atoms with van der Waals surface area (Å²) in [4.78, 5) is 13.4. The van der Waals surface area contributed by atoms with Crippen molar-refractivity contribution in [2.75, 3.05) is 6.54 Å². The molecule has 24 heavy (non-hydrogen) atoms. The Morgan fingerprint density at radius 2 is 2.17 bits per heavy atom. The largest absolute Gasteiger partial charge is 0.478 e. The summed E-state index contributed by atoms with van der Waals surface area (Å²) >= 11 is 0. The molecule has 1 aliphatic heterocycles. The Balaban J connectivity index is 1.52. The number of halogens is 2. The monoisotopic (exact) mass is 333 g/mol. The van der Waals surface area contributed by atoms with Gasteiger partial charge in [-0.05, 0) is 29.7 Å². The van der Waals surface area contributed by atoms with Gasteiger partial charge in [0.2, 0.25) is 0 Å². The van der Waals surface area contributed by atoms with Crippen LogP contribution in [0.15, 0.2) is 30.5 Å². The van der Waals surface area contributed by atoms with E-state index in [9.17, 15) is 18.7 Å². The van der Waals surface area contributed by atoms with Gasteiger partial charge in [0, 0.05) is 32.3 Å². The number of aromatic carboxylic acids is 1. The highest BCUT2D eigenvalue weighted by molar-refractivity contribution is 5.89. The maximum absolute atomic E-state index is 13.3. The molecule has 1 fully saturated rings. The first kappa shape index (κ1) is 15.3. The number of carboxylic acid groups (broad SMARTS) is 1. The van der Waals surface area contributed by atoms with E-state index in [0.29, 0.717) is 31.6 Å². The number of rotatable bonds is 4. The van der Waals surface area contributed by atoms with Gasteiger partial charge in [0.15, 0.2) is 0 Å². The molecular formula is C17H17F2N3O2. The Kier molecular flexibility index (Phi) is 3.42. The summed E-state index contributed by atoms with van der Waals surface area (Å²) in [5.41, 5.74) is 3.00. The molecule has 126 valence electrons. The molecule has 1 atom stereocenters. The number of alkyl halides is 2. The zero-order valence-corrected chi connectivity index (χ0v) is 13.0. The van der Waals surface area contributed by atoms with Crippen molar-refractivity contribution in [1.82, 2.24) is 14.7 Å². The number of carboxylic acids is 1.